The molecule has 0 unspecified atom stereocenters. The molecule has 8 heteroatoms. The van der Waals surface area contributed by atoms with Crippen LogP contribution >= 0.6 is 0 Å². The van der Waals surface area contributed by atoms with Gasteiger partial charge in [0.2, 0.25) is 0 Å². The van der Waals surface area contributed by atoms with E-state index >= 15 is 0 Å². The van der Waals surface area contributed by atoms with Crippen molar-refractivity contribution >= 4 is 22.1 Å². The Morgan fingerprint density at radius 1 is 1.27 bits per heavy atom. The van der Waals surface area contributed by atoms with E-state index in [9.17, 15) is 0 Å². The summed E-state index contributed by atoms with van der Waals surface area (Å²) >= 11 is 0. The first-order valence-corrected chi connectivity index (χ1v) is 8.06. The molecule has 5 heterocycles. The SMILES string of the molecule is Cc1ccc(-c2nc3cnc4[nH]ccc4c3n2-c2cnn(CC#N)c2)o1. The minimum absolute atomic E-state index is 0.183. The summed E-state index contributed by atoms with van der Waals surface area (Å²) in [4.78, 5) is 12.3. The molecule has 1 N–H and O–H groups in total. The predicted octanol–water partition coefficient (Wildman–Crippen LogP) is 3.19. The number of hydrogen-bond acceptors (Lipinski definition) is 5. The van der Waals surface area contributed by atoms with Crippen LogP contribution in [0.4, 0.5) is 0 Å². The standard InChI is InChI=1S/C18H13N7O/c1-11-2-3-15(26-11)18-23-14-9-21-17-13(4-6-20-17)16(14)25(18)12-8-22-24(10-12)7-5-19/h2-4,6,8-10H,7H2,1H3,(H,20,21). The first kappa shape index (κ1) is 14.5. The van der Waals surface area contributed by atoms with Crippen LogP contribution in [0.3, 0.4) is 0 Å². The Morgan fingerprint density at radius 2 is 2.19 bits per heavy atom. The van der Waals surface area contributed by atoms with Crippen molar-refractivity contribution in [3.63, 3.8) is 0 Å². The van der Waals surface area contributed by atoms with Crippen LogP contribution in [0.15, 0.2) is 47.4 Å². The van der Waals surface area contributed by atoms with Gasteiger partial charge in [0.1, 0.15) is 23.5 Å². The van der Waals surface area contributed by atoms with Crippen molar-refractivity contribution < 1.29 is 4.42 Å². The molecular formula is C18H13N7O. The highest BCUT2D eigenvalue weighted by Crippen LogP contribution is 2.32. The maximum absolute atomic E-state index is 8.92. The molecule has 0 radical (unpaired) electrons. The fourth-order valence-electron chi connectivity index (χ4n) is 3.17. The summed E-state index contributed by atoms with van der Waals surface area (Å²) < 4.78 is 9.40. The minimum atomic E-state index is 0.183. The molecule has 26 heavy (non-hydrogen) atoms. The third kappa shape index (κ3) is 2.04. The third-order valence-electron chi connectivity index (χ3n) is 4.27. The van der Waals surface area contributed by atoms with E-state index in [2.05, 4.69) is 21.1 Å². The third-order valence-corrected chi connectivity index (χ3v) is 4.27. The summed E-state index contributed by atoms with van der Waals surface area (Å²) in [5, 5.41) is 14.1. The lowest BCUT2D eigenvalue weighted by Crippen LogP contribution is -1.97. The highest BCUT2D eigenvalue weighted by Gasteiger charge is 2.20. The van der Waals surface area contributed by atoms with E-state index in [1.807, 2.05) is 42.1 Å². The lowest BCUT2D eigenvalue weighted by molar-refractivity contribution is 0.543. The second kappa shape index (κ2) is 5.32. The van der Waals surface area contributed by atoms with Gasteiger partial charge in [0.15, 0.2) is 11.6 Å². The van der Waals surface area contributed by atoms with Gasteiger partial charge in [-0.25, -0.2) is 9.97 Å². The van der Waals surface area contributed by atoms with E-state index in [0.717, 1.165) is 33.5 Å². The maximum atomic E-state index is 8.92. The van der Waals surface area contributed by atoms with E-state index < -0.39 is 0 Å². The highest BCUT2D eigenvalue weighted by atomic mass is 16.3. The van der Waals surface area contributed by atoms with Crippen LogP contribution < -0.4 is 0 Å². The molecule has 0 fully saturated rings. The average Bonchev–Trinajstić information content (AvgIpc) is 3.39. The van der Waals surface area contributed by atoms with E-state index in [1.165, 1.54) is 0 Å². The molecule has 0 aliphatic carbocycles. The van der Waals surface area contributed by atoms with Crippen molar-refractivity contribution in [2.45, 2.75) is 13.5 Å². The van der Waals surface area contributed by atoms with E-state index in [4.69, 9.17) is 14.7 Å². The number of rotatable bonds is 3. The average molecular weight is 343 g/mol. The molecule has 126 valence electrons. The molecule has 0 spiro atoms. The molecule has 0 saturated carbocycles. The molecule has 0 aromatic carbocycles. The Bertz CT molecular complexity index is 1290. The number of fused-ring (bicyclic) bond motifs is 3. The van der Waals surface area contributed by atoms with Crippen LogP contribution in [0.2, 0.25) is 0 Å². The first-order valence-electron chi connectivity index (χ1n) is 8.06. The van der Waals surface area contributed by atoms with Crippen LogP contribution in [-0.4, -0.2) is 29.3 Å². The number of furan rings is 1. The molecule has 0 bridgehead atoms. The van der Waals surface area contributed by atoms with Crippen LogP contribution in [-0.2, 0) is 6.54 Å². The molecule has 5 aromatic heterocycles. The van der Waals surface area contributed by atoms with E-state index in [1.54, 1.807) is 17.1 Å². The van der Waals surface area contributed by atoms with E-state index in [-0.39, 0.29) is 6.54 Å². The zero-order valence-corrected chi connectivity index (χ0v) is 13.8. The summed E-state index contributed by atoms with van der Waals surface area (Å²) in [6.45, 7) is 2.08. The molecule has 0 amide bonds. The predicted molar refractivity (Wildman–Crippen MR) is 94.6 cm³/mol. The number of hydrogen-bond donors (Lipinski definition) is 1. The van der Waals surface area contributed by atoms with Crippen molar-refractivity contribution in [1.82, 2.24) is 29.3 Å². The Kier molecular flexibility index (Phi) is 2.96. The second-order valence-electron chi connectivity index (χ2n) is 5.97. The Morgan fingerprint density at radius 3 is 3.00 bits per heavy atom. The first-order chi connectivity index (χ1) is 12.7. The number of H-pyrrole nitrogens is 1. The normalized spacial score (nSPS) is 11.4. The largest absolute Gasteiger partial charge is 0.458 e. The summed E-state index contributed by atoms with van der Waals surface area (Å²) in [7, 11) is 0. The monoisotopic (exact) mass is 343 g/mol. The number of nitrogens with zero attached hydrogens (tertiary/aromatic N) is 6. The number of imidazole rings is 1. The van der Waals surface area contributed by atoms with Gasteiger partial charge < -0.3 is 9.40 Å². The Balaban J connectivity index is 1.87. The van der Waals surface area contributed by atoms with Gasteiger partial charge in [-0.05, 0) is 25.1 Å². The van der Waals surface area contributed by atoms with Gasteiger partial charge in [0.05, 0.1) is 35.9 Å². The molecule has 0 aliphatic rings. The van der Waals surface area contributed by atoms with Gasteiger partial charge in [0, 0.05) is 11.6 Å². The van der Waals surface area contributed by atoms with E-state index in [0.29, 0.717) is 11.6 Å². The summed E-state index contributed by atoms with van der Waals surface area (Å²) in [6, 6.07) is 7.87. The molecule has 0 aliphatic heterocycles. The topological polar surface area (TPSA) is 101 Å². The van der Waals surface area contributed by atoms with Crippen LogP contribution in [0.1, 0.15) is 5.76 Å². The minimum Gasteiger partial charge on any atom is -0.458 e. The van der Waals surface area contributed by atoms with Crippen LogP contribution in [0.25, 0.3) is 39.3 Å². The fourth-order valence-corrected chi connectivity index (χ4v) is 3.17. The number of aryl methyl sites for hydroxylation is 1. The molecular weight excluding hydrogens is 330 g/mol. The molecule has 5 rings (SSSR count). The summed E-state index contributed by atoms with van der Waals surface area (Å²) in [5.41, 5.74) is 3.26. The van der Waals surface area contributed by atoms with Crippen molar-refractivity contribution in [3.05, 3.63) is 48.7 Å². The van der Waals surface area contributed by atoms with Gasteiger partial charge in [-0.15, -0.1) is 0 Å². The van der Waals surface area contributed by atoms with Gasteiger partial charge in [-0.1, -0.05) is 0 Å². The van der Waals surface area contributed by atoms with Crippen molar-refractivity contribution in [2.75, 3.05) is 0 Å². The quantitative estimate of drug-likeness (QED) is 0.542. The zero-order chi connectivity index (χ0) is 17.7. The summed E-state index contributed by atoms with van der Waals surface area (Å²) in [5.74, 6) is 2.14. The van der Waals surface area contributed by atoms with Gasteiger partial charge in [-0.2, -0.15) is 10.4 Å². The molecule has 0 atom stereocenters. The number of nitrogens with one attached hydrogen (secondary N) is 1. The second-order valence-corrected chi connectivity index (χ2v) is 5.97. The van der Waals surface area contributed by atoms with Crippen molar-refractivity contribution in [1.29, 1.82) is 5.26 Å². The molecule has 0 saturated heterocycles. The van der Waals surface area contributed by atoms with Gasteiger partial charge in [-0.3, -0.25) is 9.25 Å². The van der Waals surface area contributed by atoms with Gasteiger partial charge >= 0.3 is 0 Å². The Labute approximate surface area is 147 Å². The zero-order valence-electron chi connectivity index (χ0n) is 13.8. The number of nitriles is 1. The molecule has 5 aromatic rings. The summed E-state index contributed by atoms with van der Waals surface area (Å²) in [6.07, 6.45) is 7.13. The highest BCUT2D eigenvalue weighted by molar-refractivity contribution is 6.03. The lowest BCUT2D eigenvalue weighted by atomic mass is 10.3. The number of aromatic amines is 1. The van der Waals surface area contributed by atoms with Crippen LogP contribution in [0.5, 0.6) is 0 Å². The van der Waals surface area contributed by atoms with Crippen molar-refractivity contribution in [3.8, 4) is 23.3 Å². The van der Waals surface area contributed by atoms with Crippen molar-refractivity contribution in [2.24, 2.45) is 0 Å². The van der Waals surface area contributed by atoms with Gasteiger partial charge in [0.25, 0.3) is 0 Å². The number of aromatic nitrogens is 6. The lowest BCUT2D eigenvalue weighted by Gasteiger charge is -2.05. The fraction of sp³-hybridized carbons (Fsp3) is 0.111. The van der Waals surface area contributed by atoms with Crippen LogP contribution in [0, 0.1) is 18.3 Å². The maximum Gasteiger partial charge on any atom is 0.182 e. The molecule has 8 nitrogen and oxygen atoms in total. The smallest absolute Gasteiger partial charge is 0.182 e. The number of pyridine rings is 1. The Hall–Kier alpha value is -3.86.